The summed E-state index contributed by atoms with van der Waals surface area (Å²) in [6.07, 6.45) is 5.34. The molecule has 0 spiro atoms. The van der Waals surface area contributed by atoms with Crippen LogP contribution in [0.25, 0.3) is 6.08 Å². The molecule has 0 unspecified atom stereocenters. The van der Waals surface area contributed by atoms with E-state index in [1.165, 1.54) is 6.08 Å². The van der Waals surface area contributed by atoms with Crippen LogP contribution in [-0.2, 0) is 9.59 Å². The number of carbonyl (C=O) groups excluding carboxylic acids is 2. The topological polar surface area (TPSA) is 37.4 Å². The van der Waals surface area contributed by atoms with Crippen molar-refractivity contribution >= 4 is 29.5 Å². The second-order valence-corrected chi connectivity index (χ2v) is 4.79. The van der Waals surface area contributed by atoms with Crippen LogP contribution in [0.4, 0.5) is 0 Å². The van der Waals surface area contributed by atoms with Crippen molar-refractivity contribution in [3.05, 3.63) is 52.6 Å². The Labute approximate surface area is 117 Å². The molecule has 1 aliphatic rings. The summed E-state index contributed by atoms with van der Waals surface area (Å²) >= 11 is 5.73. The minimum absolute atomic E-state index is 0.114. The van der Waals surface area contributed by atoms with Crippen molar-refractivity contribution in [3.8, 4) is 0 Å². The molecular formula is C15H14ClNO2. The van der Waals surface area contributed by atoms with Gasteiger partial charge in [-0.05, 0) is 25.0 Å². The highest BCUT2D eigenvalue weighted by Crippen LogP contribution is 2.15. The van der Waals surface area contributed by atoms with Crippen LogP contribution in [0.2, 0.25) is 0 Å². The van der Waals surface area contributed by atoms with E-state index in [4.69, 9.17) is 11.6 Å². The van der Waals surface area contributed by atoms with Gasteiger partial charge >= 0.3 is 0 Å². The van der Waals surface area contributed by atoms with Crippen molar-refractivity contribution in [3.63, 3.8) is 0 Å². The van der Waals surface area contributed by atoms with Gasteiger partial charge in [-0.15, -0.1) is 0 Å². The fourth-order valence-electron chi connectivity index (χ4n) is 1.78. The van der Waals surface area contributed by atoms with Crippen molar-refractivity contribution in [2.75, 3.05) is 6.54 Å². The fourth-order valence-corrected chi connectivity index (χ4v) is 1.99. The van der Waals surface area contributed by atoms with Gasteiger partial charge in [0.25, 0.3) is 11.8 Å². The SMILES string of the molecule is Cc1ccc(/C=C/C(=O)N2CCC=C(Cl)C2=O)cc1. The van der Waals surface area contributed by atoms with Crippen LogP contribution >= 0.6 is 11.6 Å². The molecule has 0 saturated carbocycles. The first-order chi connectivity index (χ1) is 9.08. The second-order valence-electron chi connectivity index (χ2n) is 4.38. The average molecular weight is 276 g/mol. The van der Waals surface area contributed by atoms with Crippen LogP contribution in [-0.4, -0.2) is 23.3 Å². The number of hydrogen-bond acceptors (Lipinski definition) is 2. The normalized spacial score (nSPS) is 15.8. The molecule has 0 aromatic heterocycles. The van der Waals surface area contributed by atoms with E-state index < -0.39 is 5.91 Å². The predicted molar refractivity (Wildman–Crippen MR) is 75.5 cm³/mol. The molecular weight excluding hydrogens is 262 g/mol. The van der Waals surface area contributed by atoms with Gasteiger partial charge < -0.3 is 0 Å². The summed E-state index contributed by atoms with van der Waals surface area (Å²) in [5.74, 6) is -0.761. The molecule has 1 aromatic carbocycles. The van der Waals surface area contributed by atoms with E-state index in [2.05, 4.69) is 0 Å². The van der Waals surface area contributed by atoms with Gasteiger partial charge in [0, 0.05) is 12.6 Å². The Morgan fingerprint density at radius 1 is 1.32 bits per heavy atom. The summed E-state index contributed by atoms with van der Waals surface area (Å²) in [6, 6.07) is 7.78. The quantitative estimate of drug-likeness (QED) is 0.778. The van der Waals surface area contributed by atoms with Gasteiger partial charge in [0.1, 0.15) is 5.03 Å². The number of nitrogens with zero attached hydrogens (tertiary/aromatic N) is 1. The number of aryl methyl sites for hydroxylation is 1. The highest BCUT2D eigenvalue weighted by molar-refractivity contribution is 6.43. The van der Waals surface area contributed by atoms with E-state index in [-0.39, 0.29) is 10.9 Å². The monoisotopic (exact) mass is 275 g/mol. The average Bonchev–Trinajstić information content (AvgIpc) is 2.41. The molecule has 0 aliphatic carbocycles. The van der Waals surface area contributed by atoms with Crippen molar-refractivity contribution in [1.29, 1.82) is 0 Å². The van der Waals surface area contributed by atoms with E-state index in [9.17, 15) is 9.59 Å². The molecule has 2 rings (SSSR count). The molecule has 0 fully saturated rings. The van der Waals surface area contributed by atoms with E-state index >= 15 is 0 Å². The lowest BCUT2D eigenvalue weighted by atomic mass is 10.1. The molecule has 0 radical (unpaired) electrons. The minimum atomic E-state index is -0.425. The maximum Gasteiger partial charge on any atom is 0.271 e. The smallest absolute Gasteiger partial charge is 0.271 e. The molecule has 0 atom stereocenters. The Bertz CT molecular complexity index is 558. The number of rotatable bonds is 2. The largest absolute Gasteiger partial charge is 0.274 e. The molecule has 98 valence electrons. The first kappa shape index (κ1) is 13.6. The molecule has 0 N–H and O–H groups in total. The lowest BCUT2D eigenvalue weighted by Crippen LogP contribution is -2.38. The van der Waals surface area contributed by atoms with Crippen LogP contribution in [0.1, 0.15) is 17.5 Å². The summed E-state index contributed by atoms with van der Waals surface area (Å²) < 4.78 is 0. The first-order valence-electron chi connectivity index (χ1n) is 6.04. The summed E-state index contributed by atoms with van der Waals surface area (Å²) in [6.45, 7) is 2.38. The van der Waals surface area contributed by atoms with Gasteiger partial charge in [-0.2, -0.15) is 0 Å². The molecule has 3 nitrogen and oxygen atoms in total. The zero-order chi connectivity index (χ0) is 13.8. The third-order valence-corrected chi connectivity index (χ3v) is 3.20. The van der Waals surface area contributed by atoms with Gasteiger partial charge in [0.05, 0.1) is 0 Å². The van der Waals surface area contributed by atoms with E-state index in [0.29, 0.717) is 13.0 Å². The number of hydrogen-bond donors (Lipinski definition) is 0. The van der Waals surface area contributed by atoms with Crippen LogP contribution in [0, 0.1) is 6.92 Å². The highest BCUT2D eigenvalue weighted by atomic mass is 35.5. The van der Waals surface area contributed by atoms with Gasteiger partial charge in [-0.1, -0.05) is 47.5 Å². The summed E-state index contributed by atoms with van der Waals surface area (Å²) in [4.78, 5) is 24.8. The third kappa shape index (κ3) is 3.32. The summed E-state index contributed by atoms with van der Waals surface area (Å²) in [7, 11) is 0. The van der Waals surface area contributed by atoms with Crippen LogP contribution in [0.5, 0.6) is 0 Å². The van der Waals surface area contributed by atoms with Crippen LogP contribution < -0.4 is 0 Å². The Morgan fingerprint density at radius 3 is 2.68 bits per heavy atom. The zero-order valence-electron chi connectivity index (χ0n) is 10.6. The second kappa shape index (κ2) is 5.85. The van der Waals surface area contributed by atoms with Crippen molar-refractivity contribution in [2.24, 2.45) is 0 Å². The Morgan fingerprint density at radius 2 is 2.00 bits per heavy atom. The molecule has 19 heavy (non-hydrogen) atoms. The van der Waals surface area contributed by atoms with Crippen LogP contribution in [0.15, 0.2) is 41.4 Å². The fraction of sp³-hybridized carbons (Fsp3) is 0.200. The number of amides is 2. The van der Waals surface area contributed by atoms with E-state index in [1.807, 2.05) is 31.2 Å². The maximum atomic E-state index is 11.9. The number of halogens is 1. The van der Waals surface area contributed by atoms with Crippen LogP contribution in [0.3, 0.4) is 0 Å². The highest BCUT2D eigenvalue weighted by Gasteiger charge is 2.24. The molecule has 4 heteroatoms. The van der Waals surface area contributed by atoms with Gasteiger partial charge in [-0.3, -0.25) is 14.5 Å². The van der Waals surface area contributed by atoms with Crippen molar-refractivity contribution in [1.82, 2.24) is 4.90 Å². The number of imide groups is 1. The molecule has 1 aliphatic heterocycles. The third-order valence-electron chi connectivity index (χ3n) is 2.89. The first-order valence-corrected chi connectivity index (χ1v) is 6.42. The lowest BCUT2D eigenvalue weighted by molar-refractivity contribution is -0.139. The van der Waals surface area contributed by atoms with Gasteiger partial charge in [-0.25, -0.2) is 0 Å². The summed E-state index contributed by atoms with van der Waals surface area (Å²) in [5, 5.41) is 0.114. The van der Waals surface area contributed by atoms with Gasteiger partial charge in [0.2, 0.25) is 0 Å². The molecule has 0 bridgehead atoms. The Balaban J connectivity index is 2.07. The standard InChI is InChI=1S/C15H14ClNO2/c1-11-4-6-12(7-5-11)8-9-14(18)17-10-2-3-13(16)15(17)19/h3-9H,2,10H2,1H3/b9-8+. The van der Waals surface area contributed by atoms with Gasteiger partial charge in [0.15, 0.2) is 0 Å². The molecule has 0 saturated heterocycles. The van der Waals surface area contributed by atoms with E-state index in [0.717, 1.165) is 16.0 Å². The molecule has 1 heterocycles. The summed E-state index contributed by atoms with van der Waals surface area (Å²) in [5.41, 5.74) is 2.08. The minimum Gasteiger partial charge on any atom is -0.274 e. The Hall–Kier alpha value is -1.87. The Kier molecular flexibility index (Phi) is 4.17. The number of carbonyl (C=O) groups is 2. The van der Waals surface area contributed by atoms with E-state index in [1.54, 1.807) is 12.2 Å². The van der Waals surface area contributed by atoms with Crippen molar-refractivity contribution < 1.29 is 9.59 Å². The molecule has 1 aromatic rings. The number of benzene rings is 1. The lowest BCUT2D eigenvalue weighted by Gasteiger charge is -2.21. The molecule has 2 amide bonds. The zero-order valence-corrected chi connectivity index (χ0v) is 11.4. The predicted octanol–water partition coefficient (Wildman–Crippen LogP) is 2.89. The van der Waals surface area contributed by atoms with Crippen molar-refractivity contribution in [2.45, 2.75) is 13.3 Å². The maximum absolute atomic E-state index is 11.9.